The summed E-state index contributed by atoms with van der Waals surface area (Å²) in [5.41, 5.74) is 3.30. The number of halogens is 1. The second-order valence-electron chi connectivity index (χ2n) is 5.07. The maximum Gasteiger partial charge on any atom is 0.130 e. The van der Waals surface area contributed by atoms with Crippen molar-refractivity contribution >= 4 is 11.6 Å². The van der Waals surface area contributed by atoms with Gasteiger partial charge in [-0.15, -0.1) is 0 Å². The van der Waals surface area contributed by atoms with Gasteiger partial charge in [0.25, 0.3) is 0 Å². The first-order chi connectivity index (χ1) is 10.1. The fraction of sp³-hybridized carbons (Fsp3) is 0.438. The Labute approximate surface area is 131 Å². The van der Waals surface area contributed by atoms with Crippen molar-refractivity contribution in [2.24, 2.45) is 7.05 Å². The molecule has 2 aromatic rings. The van der Waals surface area contributed by atoms with Gasteiger partial charge in [0, 0.05) is 18.7 Å². The molecule has 0 saturated heterocycles. The van der Waals surface area contributed by atoms with Crippen LogP contribution in [0.25, 0.3) is 0 Å². The second kappa shape index (κ2) is 6.96. The second-order valence-corrected chi connectivity index (χ2v) is 5.42. The third-order valence-electron chi connectivity index (χ3n) is 3.65. The van der Waals surface area contributed by atoms with Gasteiger partial charge in [0.1, 0.15) is 10.9 Å². The monoisotopic (exact) mass is 307 g/mol. The lowest BCUT2D eigenvalue weighted by atomic mass is 9.99. The Morgan fingerprint density at radius 3 is 2.48 bits per heavy atom. The molecule has 1 aromatic heterocycles. The summed E-state index contributed by atoms with van der Waals surface area (Å²) in [4.78, 5) is 0. The average molecular weight is 308 g/mol. The third kappa shape index (κ3) is 3.57. The van der Waals surface area contributed by atoms with Crippen molar-refractivity contribution in [2.75, 3.05) is 13.7 Å². The van der Waals surface area contributed by atoms with E-state index in [4.69, 9.17) is 16.3 Å². The largest absolute Gasteiger partial charge is 0.497 e. The number of ether oxygens (including phenoxy) is 1. The van der Waals surface area contributed by atoms with Crippen molar-refractivity contribution in [1.82, 2.24) is 15.1 Å². The Morgan fingerprint density at radius 2 is 2.00 bits per heavy atom. The van der Waals surface area contributed by atoms with Crippen molar-refractivity contribution in [3.05, 3.63) is 46.2 Å². The number of methoxy groups -OCH3 is 1. The maximum atomic E-state index is 6.35. The fourth-order valence-corrected chi connectivity index (χ4v) is 2.75. The number of rotatable bonds is 6. The van der Waals surface area contributed by atoms with Crippen LogP contribution in [0.15, 0.2) is 24.3 Å². The number of nitrogens with one attached hydrogen (secondary N) is 1. The zero-order valence-electron chi connectivity index (χ0n) is 13.0. The minimum absolute atomic E-state index is 0.210. The Bertz CT molecular complexity index is 592. The van der Waals surface area contributed by atoms with Gasteiger partial charge >= 0.3 is 0 Å². The molecule has 1 heterocycles. The van der Waals surface area contributed by atoms with Crippen molar-refractivity contribution in [2.45, 2.75) is 26.3 Å². The molecule has 0 spiro atoms. The molecule has 2 rings (SSSR count). The molecule has 0 radical (unpaired) electrons. The molecular weight excluding hydrogens is 286 g/mol. The smallest absolute Gasteiger partial charge is 0.130 e. The van der Waals surface area contributed by atoms with Crippen LogP contribution in [0.1, 0.15) is 29.8 Å². The van der Waals surface area contributed by atoms with Crippen LogP contribution in [-0.2, 0) is 13.5 Å². The molecule has 1 N–H and O–H groups in total. The van der Waals surface area contributed by atoms with Crippen LogP contribution in [0.2, 0.25) is 5.15 Å². The van der Waals surface area contributed by atoms with E-state index in [2.05, 4.69) is 29.5 Å². The standard InChI is InChI=1S/C16H22ClN3O/c1-5-18-15(12-6-8-13(21-4)9-7-12)10-14-11(2)19-20(3)16(14)17/h6-9,15,18H,5,10H2,1-4H3. The number of benzene rings is 1. The lowest BCUT2D eigenvalue weighted by molar-refractivity contribution is 0.414. The number of aromatic nitrogens is 2. The van der Waals surface area contributed by atoms with Gasteiger partial charge < -0.3 is 10.1 Å². The molecule has 1 aromatic carbocycles. The van der Waals surface area contributed by atoms with Gasteiger partial charge in [-0.3, -0.25) is 4.68 Å². The highest BCUT2D eigenvalue weighted by Gasteiger charge is 2.18. The van der Waals surface area contributed by atoms with Gasteiger partial charge in [0.15, 0.2) is 0 Å². The molecule has 0 amide bonds. The van der Waals surface area contributed by atoms with Crippen LogP contribution in [-0.4, -0.2) is 23.4 Å². The van der Waals surface area contributed by atoms with E-state index >= 15 is 0 Å². The molecule has 0 aliphatic heterocycles. The normalized spacial score (nSPS) is 12.4. The maximum absolute atomic E-state index is 6.35. The summed E-state index contributed by atoms with van der Waals surface area (Å²) in [6.07, 6.45) is 0.818. The molecule has 1 unspecified atom stereocenters. The molecule has 114 valence electrons. The van der Waals surface area contributed by atoms with E-state index in [-0.39, 0.29) is 6.04 Å². The zero-order valence-corrected chi connectivity index (χ0v) is 13.7. The lowest BCUT2D eigenvalue weighted by Gasteiger charge is -2.19. The first-order valence-corrected chi connectivity index (χ1v) is 7.49. The summed E-state index contributed by atoms with van der Waals surface area (Å²) < 4.78 is 6.94. The van der Waals surface area contributed by atoms with Gasteiger partial charge in [-0.05, 0) is 37.6 Å². The number of hydrogen-bond donors (Lipinski definition) is 1. The number of nitrogens with zero attached hydrogens (tertiary/aromatic N) is 2. The topological polar surface area (TPSA) is 39.1 Å². The molecule has 0 aliphatic carbocycles. The van der Waals surface area contributed by atoms with Crippen molar-refractivity contribution in [1.29, 1.82) is 0 Å². The Hall–Kier alpha value is -1.52. The van der Waals surface area contributed by atoms with E-state index in [1.54, 1.807) is 11.8 Å². The van der Waals surface area contributed by atoms with E-state index in [1.807, 2.05) is 26.1 Å². The van der Waals surface area contributed by atoms with Crippen LogP contribution >= 0.6 is 11.6 Å². The molecular formula is C16H22ClN3O. The van der Waals surface area contributed by atoms with Crippen LogP contribution in [0.5, 0.6) is 5.75 Å². The highest BCUT2D eigenvalue weighted by molar-refractivity contribution is 6.30. The van der Waals surface area contributed by atoms with Crippen LogP contribution in [0.4, 0.5) is 0 Å². The fourth-order valence-electron chi connectivity index (χ4n) is 2.50. The average Bonchev–Trinajstić information content (AvgIpc) is 2.73. The van der Waals surface area contributed by atoms with Crippen LogP contribution < -0.4 is 10.1 Å². The van der Waals surface area contributed by atoms with Crippen LogP contribution in [0.3, 0.4) is 0 Å². The summed E-state index contributed by atoms with van der Waals surface area (Å²) in [7, 11) is 3.55. The van der Waals surface area contributed by atoms with Crippen molar-refractivity contribution < 1.29 is 4.74 Å². The Balaban J connectivity index is 2.25. The van der Waals surface area contributed by atoms with Crippen molar-refractivity contribution in [3.63, 3.8) is 0 Å². The summed E-state index contributed by atoms with van der Waals surface area (Å²) in [6.45, 7) is 5.00. The predicted octanol–water partition coefficient (Wildman–Crippen LogP) is 3.28. The summed E-state index contributed by atoms with van der Waals surface area (Å²) in [5, 5.41) is 8.61. The van der Waals surface area contributed by atoms with E-state index in [0.29, 0.717) is 5.15 Å². The number of likely N-dealkylation sites (N-methyl/N-ethyl adjacent to an activating group) is 1. The molecule has 0 aliphatic rings. The molecule has 0 saturated carbocycles. The SMILES string of the molecule is CCNC(Cc1c(C)nn(C)c1Cl)c1ccc(OC)cc1. The minimum atomic E-state index is 0.210. The minimum Gasteiger partial charge on any atom is -0.497 e. The van der Waals surface area contributed by atoms with E-state index < -0.39 is 0 Å². The highest BCUT2D eigenvalue weighted by atomic mass is 35.5. The van der Waals surface area contributed by atoms with Gasteiger partial charge in [-0.25, -0.2) is 0 Å². The Kier molecular flexibility index (Phi) is 5.26. The summed E-state index contributed by atoms with van der Waals surface area (Å²) in [5.74, 6) is 0.865. The van der Waals surface area contributed by atoms with E-state index in [0.717, 1.165) is 30.0 Å². The summed E-state index contributed by atoms with van der Waals surface area (Å²) in [6, 6.07) is 8.35. The Morgan fingerprint density at radius 1 is 1.33 bits per heavy atom. The van der Waals surface area contributed by atoms with Crippen LogP contribution in [0, 0.1) is 6.92 Å². The first-order valence-electron chi connectivity index (χ1n) is 7.12. The molecule has 21 heavy (non-hydrogen) atoms. The lowest BCUT2D eigenvalue weighted by Crippen LogP contribution is -2.23. The molecule has 1 atom stereocenters. The van der Waals surface area contributed by atoms with E-state index in [1.165, 1.54) is 5.56 Å². The number of aryl methyl sites for hydroxylation is 2. The molecule has 5 heteroatoms. The predicted molar refractivity (Wildman–Crippen MR) is 86.1 cm³/mol. The van der Waals surface area contributed by atoms with Gasteiger partial charge in [0.2, 0.25) is 0 Å². The zero-order chi connectivity index (χ0) is 15.4. The van der Waals surface area contributed by atoms with E-state index in [9.17, 15) is 0 Å². The first kappa shape index (κ1) is 15.9. The van der Waals surface area contributed by atoms with Gasteiger partial charge in [-0.2, -0.15) is 5.10 Å². The summed E-state index contributed by atoms with van der Waals surface area (Å²) >= 11 is 6.35. The highest BCUT2D eigenvalue weighted by Crippen LogP contribution is 2.26. The number of hydrogen-bond acceptors (Lipinski definition) is 3. The quantitative estimate of drug-likeness (QED) is 0.890. The van der Waals surface area contributed by atoms with Gasteiger partial charge in [0.05, 0.1) is 12.8 Å². The third-order valence-corrected chi connectivity index (χ3v) is 4.12. The van der Waals surface area contributed by atoms with Crippen molar-refractivity contribution in [3.8, 4) is 5.75 Å². The van der Waals surface area contributed by atoms with Gasteiger partial charge in [-0.1, -0.05) is 30.7 Å². The molecule has 0 bridgehead atoms. The molecule has 4 nitrogen and oxygen atoms in total. The molecule has 0 fully saturated rings.